The Balaban J connectivity index is 1.59. The molecule has 0 aromatic heterocycles. The van der Waals surface area contributed by atoms with Gasteiger partial charge in [-0.1, -0.05) is 0 Å². The summed E-state index contributed by atoms with van der Waals surface area (Å²) < 4.78 is 32.7. The number of piperazine rings is 1. The Morgan fingerprint density at radius 3 is 2.43 bits per heavy atom. The first-order valence-electron chi connectivity index (χ1n) is 9.08. The third-order valence-corrected chi connectivity index (χ3v) is 4.82. The number of benzene rings is 2. The van der Waals surface area contributed by atoms with Crippen LogP contribution < -0.4 is 9.64 Å². The normalized spacial score (nSPS) is 16.8. The minimum Gasteiger partial charge on any atom is -0.484 e. The second-order valence-electron chi connectivity index (χ2n) is 6.85. The van der Waals surface area contributed by atoms with E-state index in [0.717, 1.165) is 0 Å². The van der Waals surface area contributed by atoms with E-state index in [-0.39, 0.29) is 30.2 Å². The van der Waals surface area contributed by atoms with Crippen molar-refractivity contribution < 1.29 is 23.1 Å². The lowest BCUT2D eigenvalue weighted by Gasteiger charge is -2.41. The molecule has 1 saturated heterocycles. The van der Waals surface area contributed by atoms with Crippen LogP contribution in [0.15, 0.2) is 42.5 Å². The van der Waals surface area contributed by atoms with E-state index in [1.165, 1.54) is 37.3 Å². The fraction of sp³-hybridized carbons (Fsp3) is 0.333. The van der Waals surface area contributed by atoms with Gasteiger partial charge < -0.3 is 14.5 Å². The third kappa shape index (κ3) is 4.47. The maximum atomic E-state index is 14.4. The molecule has 7 heteroatoms. The molecule has 0 bridgehead atoms. The number of Topliss-reactive ketones (excluding diaryl/α,β-unsaturated/α-hetero) is 1. The van der Waals surface area contributed by atoms with Crippen molar-refractivity contribution in [3.8, 4) is 5.75 Å². The van der Waals surface area contributed by atoms with Crippen molar-refractivity contribution in [2.24, 2.45) is 0 Å². The Morgan fingerprint density at radius 1 is 1.11 bits per heavy atom. The van der Waals surface area contributed by atoms with Crippen LogP contribution in [-0.4, -0.2) is 48.9 Å². The average Bonchev–Trinajstić information content (AvgIpc) is 2.67. The highest BCUT2D eigenvalue weighted by atomic mass is 19.1. The molecule has 1 atom stereocenters. The zero-order valence-electron chi connectivity index (χ0n) is 15.8. The van der Waals surface area contributed by atoms with Gasteiger partial charge in [0.05, 0.1) is 5.69 Å². The van der Waals surface area contributed by atoms with Gasteiger partial charge in [0.25, 0.3) is 5.91 Å². The van der Waals surface area contributed by atoms with Gasteiger partial charge in [0, 0.05) is 31.2 Å². The Labute approximate surface area is 162 Å². The number of anilines is 1. The quantitative estimate of drug-likeness (QED) is 0.738. The van der Waals surface area contributed by atoms with Crippen LogP contribution in [0.25, 0.3) is 0 Å². The molecule has 1 aliphatic rings. The molecule has 2 aromatic carbocycles. The second-order valence-corrected chi connectivity index (χ2v) is 6.85. The van der Waals surface area contributed by atoms with Crippen LogP contribution in [0.4, 0.5) is 14.5 Å². The molecule has 0 N–H and O–H groups in total. The number of ether oxygens (including phenoxy) is 1. The topological polar surface area (TPSA) is 49.9 Å². The fourth-order valence-corrected chi connectivity index (χ4v) is 3.29. The number of hydrogen-bond acceptors (Lipinski definition) is 4. The van der Waals surface area contributed by atoms with Gasteiger partial charge in [-0.2, -0.15) is 0 Å². The second kappa shape index (κ2) is 8.37. The molecule has 28 heavy (non-hydrogen) atoms. The largest absolute Gasteiger partial charge is 0.484 e. The lowest BCUT2D eigenvalue weighted by molar-refractivity contribution is -0.135. The molecule has 0 saturated carbocycles. The van der Waals surface area contributed by atoms with E-state index >= 15 is 0 Å². The summed E-state index contributed by atoms with van der Waals surface area (Å²) in [5, 5.41) is 0. The number of carbonyl (C=O) groups excluding carboxylic acids is 2. The lowest BCUT2D eigenvalue weighted by Crippen LogP contribution is -2.55. The Morgan fingerprint density at radius 2 is 1.82 bits per heavy atom. The van der Waals surface area contributed by atoms with Crippen LogP contribution >= 0.6 is 0 Å². The van der Waals surface area contributed by atoms with E-state index in [0.29, 0.717) is 36.6 Å². The van der Waals surface area contributed by atoms with Crippen molar-refractivity contribution in [2.45, 2.75) is 19.9 Å². The van der Waals surface area contributed by atoms with Gasteiger partial charge in [-0.05, 0) is 56.3 Å². The monoisotopic (exact) mass is 388 g/mol. The van der Waals surface area contributed by atoms with Crippen LogP contribution in [-0.2, 0) is 4.79 Å². The minimum absolute atomic E-state index is 0.134. The number of ketones is 1. The number of nitrogens with zero attached hydrogens (tertiary/aromatic N) is 2. The molecule has 1 unspecified atom stereocenters. The highest BCUT2D eigenvalue weighted by molar-refractivity contribution is 5.94. The van der Waals surface area contributed by atoms with Crippen LogP contribution in [0.3, 0.4) is 0 Å². The van der Waals surface area contributed by atoms with E-state index < -0.39 is 5.82 Å². The molecular weight excluding hydrogens is 366 g/mol. The maximum Gasteiger partial charge on any atom is 0.260 e. The SMILES string of the molecule is CC(=O)c1ccc(N2CCN(C(=O)COc3ccc(F)cc3)C(C)C2)c(F)c1. The number of halogens is 2. The Kier molecular flexibility index (Phi) is 5.92. The summed E-state index contributed by atoms with van der Waals surface area (Å²) in [7, 11) is 0. The highest BCUT2D eigenvalue weighted by Gasteiger charge is 2.29. The first kappa shape index (κ1) is 19.8. The van der Waals surface area contributed by atoms with Crippen molar-refractivity contribution in [3.05, 3.63) is 59.7 Å². The summed E-state index contributed by atoms with van der Waals surface area (Å²) in [5.41, 5.74) is 0.757. The van der Waals surface area contributed by atoms with E-state index in [4.69, 9.17) is 4.74 Å². The zero-order valence-corrected chi connectivity index (χ0v) is 15.8. The first-order chi connectivity index (χ1) is 13.3. The van der Waals surface area contributed by atoms with E-state index in [1.54, 1.807) is 17.0 Å². The standard InChI is InChI=1S/C21H22F2N2O3/c1-14-12-24(20-8-3-16(15(2)26)11-19(20)23)9-10-25(14)21(27)13-28-18-6-4-17(22)5-7-18/h3-8,11,14H,9-10,12-13H2,1-2H3. The van der Waals surface area contributed by atoms with E-state index in [2.05, 4.69) is 0 Å². The van der Waals surface area contributed by atoms with Gasteiger partial charge in [0.2, 0.25) is 0 Å². The van der Waals surface area contributed by atoms with Gasteiger partial charge in [-0.25, -0.2) is 8.78 Å². The predicted octanol–water partition coefficient (Wildman–Crippen LogP) is 3.28. The van der Waals surface area contributed by atoms with Gasteiger partial charge in [-0.15, -0.1) is 0 Å². The Hall–Kier alpha value is -2.96. The maximum absolute atomic E-state index is 14.4. The van der Waals surface area contributed by atoms with Crippen molar-refractivity contribution in [1.29, 1.82) is 0 Å². The molecule has 1 fully saturated rings. The van der Waals surface area contributed by atoms with Crippen molar-refractivity contribution in [1.82, 2.24) is 4.90 Å². The molecule has 2 aromatic rings. The van der Waals surface area contributed by atoms with Crippen LogP contribution in [0, 0.1) is 11.6 Å². The molecule has 1 heterocycles. The van der Waals surface area contributed by atoms with Crippen LogP contribution in [0.2, 0.25) is 0 Å². The molecule has 0 radical (unpaired) electrons. The first-order valence-corrected chi connectivity index (χ1v) is 9.08. The summed E-state index contributed by atoms with van der Waals surface area (Å²) >= 11 is 0. The number of rotatable bonds is 5. The van der Waals surface area contributed by atoms with Gasteiger partial charge >= 0.3 is 0 Å². The van der Waals surface area contributed by atoms with E-state index in [9.17, 15) is 18.4 Å². The van der Waals surface area contributed by atoms with Crippen molar-refractivity contribution in [3.63, 3.8) is 0 Å². The summed E-state index contributed by atoms with van der Waals surface area (Å²) in [5.74, 6) is -0.751. The third-order valence-electron chi connectivity index (χ3n) is 4.82. The summed E-state index contributed by atoms with van der Waals surface area (Å²) in [6.07, 6.45) is 0. The minimum atomic E-state index is -0.445. The fourth-order valence-electron chi connectivity index (χ4n) is 3.29. The average molecular weight is 388 g/mol. The highest BCUT2D eigenvalue weighted by Crippen LogP contribution is 2.24. The number of hydrogen-bond donors (Lipinski definition) is 0. The molecular formula is C21H22F2N2O3. The van der Waals surface area contributed by atoms with Gasteiger partial charge in [0.1, 0.15) is 17.4 Å². The van der Waals surface area contributed by atoms with Crippen molar-refractivity contribution >= 4 is 17.4 Å². The number of amides is 1. The molecule has 0 spiro atoms. The molecule has 0 aliphatic carbocycles. The molecule has 148 valence electrons. The molecule has 1 aliphatic heterocycles. The van der Waals surface area contributed by atoms with Gasteiger partial charge in [-0.3, -0.25) is 9.59 Å². The summed E-state index contributed by atoms with van der Waals surface area (Å²) in [6.45, 7) is 4.53. The predicted molar refractivity (Wildman–Crippen MR) is 102 cm³/mol. The number of carbonyl (C=O) groups is 2. The summed E-state index contributed by atoms with van der Waals surface area (Å²) in [4.78, 5) is 27.4. The van der Waals surface area contributed by atoms with E-state index in [1.807, 2.05) is 11.8 Å². The smallest absolute Gasteiger partial charge is 0.260 e. The van der Waals surface area contributed by atoms with Gasteiger partial charge in [0.15, 0.2) is 12.4 Å². The Bertz CT molecular complexity index is 870. The van der Waals surface area contributed by atoms with Crippen molar-refractivity contribution in [2.75, 3.05) is 31.1 Å². The molecule has 5 nitrogen and oxygen atoms in total. The molecule has 3 rings (SSSR count). The summed E-state index contributed by atoms with van der Waals surface area (Å²) in [6, 6.07) is 9.81. The molecule has 1 amide bonds. The lowest BCUT2D eigenvalue weighted by atomic mass is 10.1. The van der Waals surface area contributed by atoms with Crippen LogP contribution in [0.1, 0.15) is 24.2 Å². The van der Waals surface area contributed by atoms with Crippen LogP contribution in [0.5, 0.6) is 5.75 Å². The zero-order chi connectivity index (χ0) is 20.3.